The van der Waals surface area contributed by atoms with Crippen LogP contribution in [-0.4, -0.2) is 42.7 Å². The summed E-state index contributed by atoms with van der Waals surface area (Å²) < 4.78 is 28.5. The highest BCUT2D eigenvalue weighted by atomic mass is 32.2. The molecule has 0 spiro atoms. The number of rotatable bonds is 4. The van der Waals surface area contributed by atoms with Crippen LogP contribution in [-0.2, 0) is 35.7 Å². The fourth-order valence-electron chi connectivity index (χ4n) is 6.58. The summed E-state index contributed by atoms with van der Waals surface area (Å²) in [6.07, 6.45) is 9.58. The molecule has 3 atom stereocenters. The van der Waals surface area contributed by atoms with Crippen LogP contribution < -0.4 is 10.0 Å². The molecule has 2 fully saturated rings. The van der Waals surface area contributed by atoms with E-state index in [0.717, 1.165) is 57.1 Å². The molecule has 2 amide bonds. The average molecular weight is 432 g/mol. The van der Waals surface area contributed by atoms with Crippen molar-refractivity contribution in [1.82, 2.24) is 9.62 Å². The third-order valence-electron chi connectivity index (χ3n) is 7.73. The van der Waals surface area contributed by atoms with E-state index >= 15 is 0 Å². The maximum atomic E-state index is 13.1. The predicted octanol–water partition coefficient (Wildman–Crippen LogP) is 3.52. The Balaban J connectivity index is 1.31. The Labute approximate surface area is 179 Å². The third-order valence-corrected chi connectivity index (χ3v) is 9.46. The molecule has 0 aromatic heterocycles. The zero-order chi connectivity index (χ0) is 21.0. The van der Waals surface area contributed by atoms with E-state index in [9.17, 15) is 13.2 Å². The van der Waals surface area contributed by atoms with Gasteiger partial charge in [0.25, 0.3) is 0 Å². The minimum atomic E-state index is -3.69. The summed E-state index contributed by atoms with van der Waals surface area (Å²) in [6.45, 7) is 4.37. The van der Waals surface area contributed by atoms with E-state index in [0.29, 0.717) is 31.0 Å². The highest BCUT2D eigenvalue weighted by molar-refractivity contribution is 7.90. The van der Waals surface area contributed by atoms with Crippen LogP contribution in [0.4, 0.5) is 10.5 Å². The summed E-state index contributed by atoms with van der Waals surface area (Å²) in [7, 11) is -3.69. The van der Waals surface area contributed by atoms with Gasteiger partial charge in [-0.25, -0.2) is 17.9 Å². The van der Waals surface area contributed by atoms with E-state index in [1.165, 1.54) is 22.3 Å². The van der Waals surface area contributed by atoms with Crippen LogP contribution in [0.1, 0.15) is 74.6 Å². The molecule has 1 aromatic carbocycles. The number of amides is 2. The molecule has 6 nitrogen and oxygen atoms in total. The molecule has 1 aromatic rings. The molecule has 1 unspecified atom stereocenters. The summed E-state index contributed by atoms with van der Waals surface area (Å²) in [4.78, 5) is 15.3. The molecule has 0 saturated carbocycles. The number of urea groups is 1. The second-order valence-electron chi connectivity index (χ2n) is 9.85. The molecule has 2 aliphatic heterocycles. The topological polar surface area (TPSA) is 78.5 Å². The Morgan fingerprint density at radius 2 is 1.57 bits per heavy atom. The minimum absolute atomic E-state index is 0.314. The van der Waals surface area contributed by atoms with Gasteiger partial charge in [-0.15, -0.1) is 0 Å². The van der Waals surface area contributed by atoms with Gasteiger partial charge in [0.1, 0.15) is 0 Å². The van der Waals surface area contributed by atoms with Crippen LogP contribution in [0.25, 0.3) is 0 Å². The monoisotopic (exact) mass is 431 g/mol. The average Bonchev–Trinajstić information content (AvgIpc) is 3.38. The second kappa shape index (κ2) is 7.52. The zero-order valence-electron chi connectivity index (χ0n) is 18.0. The molecule has 2 aliphatic carbocycles. The molecule has 2 N–H and O–H groups in total. The Bertz CT molecular complexity index is 926. The molecule has 30 heavy (non-hydrogen) atoms. The van der Waals surface area contributed by atoms with Gasteiger partial charge < -0.3 is 5.32 Å². The van der Waals surface area contributed by atoms with Crippen molar-refractivity contribution in [3.63, 3.8) is 0 Å². The molecule has 7 heteroatoms. The number of carbonyl (C=O) groups is 1. The molecule has 2 heterocycles. The van der Waals surface area contributed by atoms with Gasteiger partial charge in [-0.3, -0.25) is 4.90 Å². The van der Waals surface area contributed by atoms with Crippen LogP contribution in [0.3, 0.4) is 0 Å². The van der Waals surface area contributed by atoms with Gasteiger partial charge >= 0.3 is 6.03 Å². The van der Waals surface area contributed by atoms with Gasteiger partial charge in [-0.1, -0.05) is 6.07 Å². The molecule has 0 radical (unpaired) electrons. The van der Waals surface area contributed by atoms with E-state index in [1.54, 1.807) is 0 Å². The van der Waals surface area contributed by atoms with Gasteiger partial charge in [0.05, 0.1) is 5.25 Å². The smallest absolute Gasteiger partial charge is 0.307 e. The Morgan fingerprint density at radius 3 is 2.10 bits per heavy atom. The first-order chi connectivity index (χ1) is 14.3. The molecule has 164 valence electrons. The lowest BCUT2D eigenvalue weighted by atomic mass is 9.99. The first kappa shape index (κ1) is 20.3. The van der Waals surface area contributed by atoms with Gasteiger partial charge in [-0.2, -0.15) is 0 Å². The largest absolute Gasteiger partial charge is 0.332 e. The van der Waals surface area contributed by atoms with E-state index in [1.807, 2.05) is 0 Å². The fourth-order valence-corrected chi connectivity index (χ4v) is 8.01. The van der Waals surface area contributed by atoms with Crippen molar-refractivity contribution in [1.29, 1.82) is 0 Å². The molecule has 5 rings (SSSR count). The Morgan fingerprint density at radius 1 is 1.00 bits per heavy atom. The van der Waals surface area contributed by atoms with Crippen molar-refractivity contribution in [2.24, 2.45) is 0 Å². The highest BCUT2D eigenvalue weighted by Gasteiger charge is 2.46. The van der Waals surface area contributed by atoms with E-state index in [4.69, 9.17) is 0 Å². The third kappa shape index (κ3) is 3.44. The predicted molar refractivity (Wildman–Crippen MR) is 118 cm³/mol. The number of benzene rings is 1. The number of carbonyl (C=O) groups excluding carboxylic acids is 1. The lowest BCUT2D eigenvalue weighted by molar-refractivity contribution is 0.105. The molecule has 2 bridgehead atoms. The van der Waals surface area contributed by atoms with Crippen LogP contribution in [0.5, 0.6) is 0 Å². The number of anilines is 1. The molecular formula is C23H33N3O3S. The van der Waals surface area contributed by atoms with Crippen LogP contribution in [0.2, 0.25) is 0 Å². The van der Waals surface area contributed by atoms with Crippen LogP contribution in [0, 0.1) is 0 Å². The zero-order valence-corrected chi connectivity index (χ0v) is 18.9. The molecule has 4 aliphatic rings. The van der Waals surface area contributed by atoms with Crippen molar-refractivity contribution in [3.05, 3.63) is 28.3 Å². The lowest BCUT2D eigenvalue weighted by Gasteiger charge is -2.41. The molecular weight excluding hydrogens is 398 g/mol. The number of nitrogens with zero attached hydrogens (tertiary/aromatic N) is 1. The summed E-state index contributed by atoms with van der Waals surface area (Å²) in [5.41, 5.74) is 5.97. The Kier molecular flexibility index (Phi) is 5.09. The highest BCUT2D eigenvalue weighted by Crippen LogP contribution is 2.40. The summed E-state index contributed by atoms with van der Waals surface area (Å²) in [6, 6.07) is 2.78. The fraction of sp³-hybridized carbons (Fsp3) is 0.696. The van der Waals surface area contributed by atoms with Gasteiger partial charge in [0.2, 0.25) is 10.0 Å². The summed E-state index contributed by atoms with van der Waals surface area (Å²) in [5, 5.41) is 2.48. The number of fused-ring (bicyclic) bond motifs is 4. The lowest BCUT2D eigenvalue weighted by Crippen LogP contribution is -2.52. The summed E-state index contributed by atoms with van der Waals surface area (Å²) >= 11 is 0. The van der Waals surface area contributed by atoms with Crippen LogP contribution in [0.15, 0.2) is 6.07 Å². The van der Waals surface area contributed by atoms with Crippen molar-refractivity contribution in [2.75, 3.05) is 5.32 Å². The number of hydrogen-bond acceptors (Lipinski definition) is 4. The maximum Gasteiger partial charge on any atom is 0.332 e. The number of nitrogens with one attached hydrogen (secondary N) is 2. The van der Waals surface area contributed by atoms with E-state index < -0.39 is 21.3 Å². The second-order valence-corrected chi connectivity index (χ2v) is 11.8. The van der Waals surface area contributed by atoms with Crippen molar-refractivity contribution in [2.45, 2.75) is 101 Å². The van der Waals surface area contributed by atoms with Gasteiger partial charge in [-0.05, 0) is 100 Å². The van der Waals surface area contributed by atoms with E-state index in [2.05, 4.69) is 34.9 Å². The number of hydrogen-bond donors (Lipinski definition) is 2. The van der Waals surface area contributed by atoms with Crippen LogP contribution >= 0.6 is 0 Å². The molecule has 2 saturated heterocycles. The van der Waals surface area contributed by atoms with Crippen molar-refractivity contribution in [3.8, 4) is 0 Å². The van der Waals surface area contributed by atoms with Gasteiger partial charge in [0, 0.05) is 23.8 Å². The van der Waals surface area contributed by atoms with Crippen molar-refractivity contribution >= 4 is 21.7 Å². The van der Waals surface area contributed by atoms with Gasteiger partial charge in [0.15, 0.2) is 0 Å². The number of sulfonamides is 1. The SMILES string of the molecule is CC(C)N1C2CC[C@@H]1C[C@H](S(=O)(=O)NC(=O)Nc1c3c(cc4c1CCC4)CCC3)C2. The standard InChI is InChI=1S/C23H33N3O3S/c1-14(2)26-17-9-10-18(26)13-19(12-17)30(28,29)25-23(27)24-22-20-7-3-5-15(20)11-16-6-4-8-21(16)22/h11,14,17-19H,3-10,12-13H2,1-2H3,(H2,24,25,27)/t17-,18?,19+/m1/s1. The number of aryl methyl sites for hydroxylation is 2. The number of piperidine rings is 1. The Hall–Kier alpha value is -1.60. The normalized spacial score (nSPS) is 27.9. The minimum Gasteiger partial charge on any atom is -0.307 e. The summed E-state index contributed by atoms with van der Waals surface area (Å²) in [5.74, 6) is 0. The van der Waals surface area contributed by atoms with E-state index in [-0.39, 0.29) is 0 Å². The van der Waals surface area contributed by atoms with Crippen molar-refractivity contribution < 1.29 is 13.2 Å². The quantitative estimate of drug-likeness (QED) is 0.765. The first-order valence-corrected chi connectivity index (χ1v) is 13.1. The maximum absolute atomic E-state index is 13.1. The first-order valence-electron chi connectivity index (χ1n) is 11.6.